The smallest absolute Gasteiger partial charge is 0.153 e. The topological polar surface area (TPSA) is 41.9 Å². The highest BCUT2D eigenvalue weighted by Crippen LogP contribution is 2.45. The van der Waals surface area contributed by atoms with E-state index in [0.29, 0.717) is 6.61 Å². The Morgan fingerprint density at radius 3 is 2.65 bits per heavy atom. The highest BCUT2D eigenvalue weighted by Gasteiger charge is 2.17. The number of hydrogen-bond acceptors (Lipinski definition) is 5. The predicted molar refractivity (Wildman–Crippen MR) is 143 cm³/mol. The molecule has 34 heavy (non-hydrogen) atoms. The Bertz CT molecular complexity index is 1120. The molecule has 180 valence electrons. The van der Waals surface area contributed by atoms with Crippen LogP contribution in [0.2, 0.25) is 0 Å². The normalized spacial score (nSPS) is 15.4. The molecule has 5 heteroatoms. The van der Waals surface area contributed by atoms with Gasteiger partial charge in [-0.05, 0) is 99.0 Å². The fourth-order valence-electron chi connectivity index (χ4n) is 4.24. The van der Waals surface area contributed by atoms with Crippen LogP contribution in [0.15, 0.2) is 66.5 Å². The van der Waals surface area contributed by atoms with E-state index in [9.17, 15) is 5.11 Å². The van der Waals surface area contributed by atoms with E-state index in [4.69, 9.17) is 9.47 Å². The molecule has 0 bridgehead atoms. The molecule has 0 radical (unpaired) electrons. The Kier molecular flexibility index (Phi) is 8.80. The number of phenolic OH excluding ortho intramolecular Hbond substituents is 1. The van der Waals surface area contributed by atoms with E-state index >= 15 is 0 Å². The first kappa shape index (κ1) is 24.5. The number of fused-ring (bicyclic) bond motifs is 1. The van der Waals surface area contributed by atoms with Crippen molar-refractivity contribution >= 4 is 21.4 Å². The van der Waals surface area contributed by atoms with Gasteiger partial charge in [-0.1, -0.05) is 25.5 Å². The van der Waals surface area contributed by atoms with Crippen LogP contribution in [0.1, 0.15) is 38.2 Å². The second kappa shape index (κ2) is 12.2. The lowest BCUT2D eigenvalue weighted by atomic mass is 10.1. The molecule has 2 aromatic carbocycles. The van der Waals surface area contributed by atoms with Crippen molar-refractivity contribution in [3.63, 3.8) is 0 Å². The van der Waals surface area contributed by atoms with Crippen molar-refractivity contribution in [1.29, 1.82) is 0 Å². The average molecular weight is 478 g/mol. The minimum atomic E-state index is 0.262. The molecule has 4 nitrogen and oxygen atoms in total. The summed E-state index contributed by atoms with van der Waals surface area (Å²) in [6.45, 7) is 8.98. The van der Waals surface area contributed by atoms with Gasteiger partial charge >= 0.3 is 0 Å². The van der Waals surface area contributed by atoms with E-state index in [2.05, 4.69) is 43.0 Å². The van der Waals surface area contributed by atoms with Crippen LogP contribution < -0.4 is 4.74 Å². The maximum Gasteiger partial charge on any atom is 0.153 e. The molecule has 4 rings (SSSR count). The summed E-state index contributed by atoms with van der Waals surface area (Å²) in [4.78, 5) is 3.56. The van der Waals surface area contributed by atoms with Crippen molar-refractivity contribution in [2.75, 3.05) is 32.8 Å². The third-order valence-electron chi connectivity index (χ3n) is 6.05. The summed E-state index contributed by atoms with van der Waals surface area (Å²) in [5, 5.41) is 10.8. The number of benzene rings is 2. The fourth-order valence-corrected chi connectivity index (χ4v) is 5.47. The van der Waals surface area contributed by atoms with Gasteiger partial charge in [0.15, 0.2) is 5.75 Å². The summed E-state index contributed by atoms with van der Waals surface area (Å²) in [5.74, 6) is 1.95. The molecule has 1 N–H and O–H groups in total. The maximum atomic E-state index is 9.74. The Labute approximate surface area is 207 Å². The number of hydrogen-bond donors (Lipinski definition) is 1. The minimum absolute atomic E-state index is 0.262. The van der Waals surface area contributed by atoms with Gasteiger partial charge in [-0.3, -0.25) is 0 Å². The zero-order valence-corrected chi connectivity index (χ0v) is 21.1. The maximum absolute atomic E-state index is 9.74. The van der Waals surface area contributed by atoms with Gasteiger partial charge in [0.05, 0.1) is 18.1 Å². The number of thiophene rings is 1. The number of aryl methyl sites for hydroxylation is 1. The van der Waals surface area contributed by atoms with Crippen molar-refractivity contribution in [2.24, 2.45) is 0 Å². The minimum Gasteiger partial charge on any atom is -0.508 e. The summed E-state index contributed by atoms with van der Waals surface area (Å²) < 4.78 is 13.6. The SMILES string of the molecule is CC/C=C(\C=C/COCCN1CCCCC1)Oc1c(-c2ccc(O)cc2)sc2cc(C)ccc12. The van der Waals surface area contributed by atoms with Crippen LogP contribution >= 0.6 is 11.3 Å². The molecule has 0 atom stereocenters. The van der Waals surface area contributed by atoms with E-state index in [1.54, 1.807) is 23.5 Å². The van der Waals surface area contributed by atoms with E-state index < -0.39 is 0 Å². The number of piperidine rings is 1. The Morgan fingerprint density at radius 1 is 1.09 bits per heavy atom. The highest BCUT2D eigenvalue weighted by molar-refractivity contribution is 7.22. The summed E-state index contributed by atoms with van der Waals surface area (Å²) in [6.07, 6.45) is 11.0. The van der Waals surface area contributed by atoms with Crippen LogP contribution in [-0.4, -0.2) is 42.9 Å². The lowest BCUT2D eigenvalue weighted by Crippen LogP contribution is -2.32. The number of nitrogens with zero attached hydrogens (tertiary/aromatic N) is 1. The third kappa shape index (κ3) is 6.50. The third-order valence-corrected chi connectivity index (χ3v) is 7.23. The number of rotatable bonds is 10. The van der Waals surface area contributed by atoms with Gasteiger partial charge in [-0.15, -0.1) is 11.3 Å². The van der Waals surface area contributed by atoms with Crippen LogP contribution in [0.4, 0.5) is 0 Å². The lowest BCUT2D eigenvalue weighted by Gasteiger charge is -2.25. The number of aromatic hydroxyl groups is 1. The van der Waals surface area contributed by atoms with Crippen LogP contribution in [0.5, 0.6) is 11.5 Å². The molecule has 0 spiro atoms. The zero-order valence-electron chi connectivity index (χ0n) is 20.3. The predicted octanol–water partition coefficient (Wildman–Crippen LogP) is 7.31. The molecular formula is C29H35NO3S. The van der Waals surface area contributed by atoms with Crippen LogP contribution in [-0.2, 0) is 4.74 Å². The van der Waals surface area contributed by atoms with E-state index in [1.165, 1.54) is 42.6 Å². The standard InChI is InChI=1S/C29H35NO3S/c1-3-8-25(9-7-19-32-20-18-30-16-5-4-6-17-30)33-28-26-15-10-22(2)21-27(26)34-29(28)23-11-13-24(31)14-12-23/h7-15,21,31H,3-6,16-20H2,1-2H3/b9-7-,25-8+. The molecule has 1 aliphatic rings. The fraction of sp³-hybridized carbons (Fsp3) is 0.379. The van der Waals surface area contributed by atoms with E-state index in [0.717, 1.165) is 46.9 Å². The second-order valence-corrected chi connectivity index (χ2v) is 9.86. The molecule has 1 saturated heterocycles. The molecular weight excluding hydrogens is 442 g/mol. The Balaban J connectivity index is 1.47. The van der Waals surface area contributed by atoms with Gasteiger partial charge in [0.2, 0.25) is 0 Å². The summed E-state index contributed by atoms with van der Waals surface area (Å²) >= 11 is 1.72. The van der Waals surface area contributed by atoms with Crippen molar-refractivity contribution in [3.05, 3.63) is 72.0 Å². The van der Waals surface area contributed by atoms with Crippen molar-refractivity contribution in [1.82, 2.24) is 4.90 Å². The van der Waals surface area contributed by atoms with Crippen LogP contribution in [0.25, 0.3) is 20.5 Å². The molecule has 0 saturated carbocycles. The Hall–Kier alpha value is -2.60. The van der Waals surface area contributed by atoms with Crippen molar-refractivity contribution < 1.29 is 14.6 Å². The summed E-state index contributed by atoms with van der Waals surface area (Å²) in [6, 6.07) is 13.8. The molecule has 0 unspecified atom stereocenters. The quantitative estimate of drug-likeness (QED) is 0.189. The van der Waals surface area contributed by atoms with Crippen LogP contribution in [0, 0.1) is 6.92 Å². The van der Waals surface area contributed by atoms with Gasteiger partial charge in [-0.25, -0.2) is 0 Å². The molecule has 3 aromatic rings. The number of likely N-dealkylation sites (tertiary alicyclic amines) is 1. The van der Waals surface area contributed by atoms with Crippen molar-refractivity contribution in [2.45, 2.75) is 39.5 Å². The number of allylic oxidation sites excluding steroid dienone is 2. The van der Waals surface area contributed by atoms with Gasteiger partial charge in [-0.2, -0.15) is 0 Å². The van der Waals surface area contributed by atoms with Gasteiger partial charge in [0.25, 0.3) is 0 Å². The average Bonchev–Trinajstić information content (AvgIpc) is 3.19. The highest BCUT2D eigenvalue weighted by atomic mass is 32.1. The molecule has 1 fully saturated rings. The number of ether oxygens (including phenoxy) is 2. The van der Waals surface area contributed by atoms with Crippen molar-refractivity contribution in [3.8, 4) is 21.9 Å². The largest absolute Gasteiger partial charge is 0.508 e. The van der Waals surface area contributed by atoms with E-state index in [-0.39, 0.29) is 5.75 Å². The zero-order chi connectivity index (χ0) is 23.8. The van der Waals surface area contributed by atoms with Gasteiger partial charge in [0, 0.05) is 16.6 Å². The molecule has 2 heterocycles. The second-order valence-electron chi connectivity index (χ2n) is 8.80. The monoisotopic (exact) mass is 477 g/mol. The molecule has 0 amide bonds. The first-order valence-corrected chi connectivity index (χ1v) is 13.1. The van der Waals surface area contributed by atoms with E-state index in [1.807, 2.05) is 24.3 Å². The number of phenols is 1. The Morgan fingerprint density at radius 2 is 1.88 bits per heavy atom. The summed E-state index contributed by atoms with van der Waals surface area (Å²) in [7, 11) is 0. The van der Waals surface area contributed by atoms with Gasteiger partial charge in [0.1, 0.15) is 11.5 Å². The first-order chi connectivity index (χ1) is 16.6. The molecule has 0 aliphatic carbocycles. The molecule has 1 aromatic heterocycles. The molecule has 1 aliphatic heterocycles. The lowest BCUT2D eigenvalue weighted by molar-refractivity contribution is 0.114. The van der Waals surface area contributed by atoms with Crippen LogP contribution in [0.3, 0.4) is 0 Å². The van der Waals surface area contributed by atoms with Gasteiger partial charge < -0.3 is 19.5 Å². The first-order valence-electron chi connectivity index (χ1n) is 12.3. The summed E-state index contributed by atoms with van der Waals surface area (Å²) in [5.41, 5.74) is 2.26.